The van der Waals surface area contributed by atoms with Gasteiger partial charge >= 0.3 is 6.18 Å². The standard InChI is InChI=1S/C19H17ClF3N3O/c20-17-15(19(21,22)23)4-1-5-16(17)27-14-9-13(10-14)25-11-12-3-2-7-26-8-6-24-18(12)26/h1-8,13-14,25H,9-11H2/t13-,14+. The smallest absolute Gasteiger partial charge is 0.417 e. The molecule has 1 aliphatic carbocycles. The lowest BCUT2D eigenvalue weighted by Gasteiger charge is -2.36. The Morgan fingerprint density at radius 1 is 1.19 bits per heavy atom. The van der Waals surface area contributed by atoms with Gasteiger partial charge in [-0.2, -0.15) is 13.2 Å². The van der Waals surface area contributed by atoms with Gasteiger partial charge < -0.3 is 14.5 Å². The fraction of sp³-hybridized carbons (Fsp3) is 0.316. The average molecular weight is 396 g/mol. The molecule has 0 spiro atoms. The minimum atomic E-state index is -4.49. The van der Waals surface area contributed by atoms with Crippen LogP contribution in [0.3, 0.4) is 0 Å². The first kappa shape index (κ1) is 18.1. The number of nitrogens with one attached hydrogen (secondary N) is 1. The summed E-state index contributed by atoms with van der Waals surface area (Å²) in [6, 6.07) is 7.96. The summed E-state index contributed by atoms with van der Waals surface area (Å²) in [6.07, 6.45) is 2.38. The Labute approximate surface area is 158 Å². The molecule has 1 N–H and O–H groups in total. The van der Waals surface area contributed by atoms with E-state index in [-0.39, 0.29) is 22.9 Å². The molecule has 0 amide bonds. The van der Waals surface area contributed by atoms with Gasteiger partial charge in [-0.25, -0.2) is 4.98 Å². The third kappa shape index (κ3) is 3.75. The second kappa shape index (κ2) is 7.05. The largest absolute Gasteiger partial charge is 0.489 e. The van der Waals surface area contributed by atoms with Gasteiger partial charge in [-0.3, -0.25) is 0 Å². The molecular formula is C19H17ClF3N3O. The molecule has 2 heterocycles. The highest BCUT2D eigenvalue weighted by Gasteiger charge is 2.36. The molecule has 27 heavy (non-hydrogen) atoms. The van der Waals surface area contributed by atoms with Gasteiger partial charge in [0.05, 0.1) is 10.6 Å². The summed E-state index contributed by atoms with van der Waals surface area (Å²) >= 11 is 5.87. The Morgan fingerprint density at radius 2 is 2.00 bits per heavy atom. The van der Waals surface area contributed by atoms with E-state index < -0.39 is 11.7 Å². The molecule has 1 aromatic carbocycles. The molecule has 3 aromatic rings. The molecule has 8 heteroatoms. The summed E-state index contributed by atoms with van der Waals surface area (Å²) in [5.74, 6) is 0.0806. The first-order valence-corrected chi connectivity index (χ1v) is 8.96. The lowest BCUT2D eigenvalue weighted by Crippen LogP contribution is -2.46. The van der Waals surface area contributed by atoms with E-state index in [9.17, 15) is 13.2 Å². The molecule has 142 valence electrons. The normalized spacial score (nSPS) is 19.9. The van der Waals surface area contributed by atoms with Crippen LogP contribution >= 0.6 is 11.6 Å². The van der Waals surface area contributed by atoms with Crippen molar-refractivity contribution in [1.82, 2.24) is 14.7 Å². The molecule has 0 radical (unpaired) electrons. The lowest BCUT2D eigenvalue weighted by molar-refractivity contribution is -0.137. The summed E-state index contributed by atoms with van der Waals surface area (Å²) < 4.78 is 46.4. The Kier molecular flexibility index (Phi) is 4.74. The van der Waals surface area contributed by atoms with Crippen molar-refractivity contribution < 1.29 is 17.9 Å². The van der Waals surface area contributed by atoms with Crippen LogP contribution in [0.25, 0.3) is 5.65 Å². The van der Waals surface area contributed by atoms with Crippen molar-refractivity contribution in [2.24, 2.45) is 0 Å². The van der Waals surface area contributed by atoms with Crippen LogP contribution in [-0.4, -0.2) is 21.5 Å². The van der Waals surface area contributed by atoms with Crippen LogP contribution < -0.4 is 10.1 Å². The van der Waals surface area contributed by atoms with E-state index in [2.05, 4.69) is 10.3 Å². The van der Waals surface area contributed by atoms with Gasteiger partial charge in [-0.1, -0.05) is 23.7 Å². The number of benzene rings is 1. The maximum atomic E-state index is 12.9. The number of imidazole rings is 1. The maximum absolute atomic E-state index is 12.9. The second-order valence-electron chi connectivity index (χ2n) is 6.60. The highest BCUT2D eigenvalue weighted by Crippen LogP contribution is 2.40. The predicted octanol–water partition coefficient (Wildman–Crippen LogP) is 4.71. The van der Waals surface area contributed by atoms with Crippen LogP contribution in [0.1, 0.15) is 24.0 Å². The van der Waals surface area contributed by atoms with Gasteiger partial charge in [0.15, 0.2) is 0 Å². The molecule has 1 fully saturated rings. The molecular weight excluding hydrogens is 379 g/mol. The molecule has 0 aliphatic heterocycles. The Balaban J connectivity index is 1.32. The number of hydrogen-bond donors (Lipinski definition) is 1. The zero-order valence-corrected chi connectivity index (χ0v) is 15.0. The van der Waals surface area contributed by atoms with Crippen molar-refractivity contribution >= 4 is 17.2 Å². The number of alkyl halides is 3. The molecule has 4 rings (SSSR count). The quantitative estimate of drug-likeness (QED) is 0.680. The van der Waals surface area contributed by atoms with E-state index in [1.165, 1.54) is 12.1 Å². The Hall–Kier alpha value is -2.25. The first-order valence-electron chi connectivity index (χ1n) is 8.58. The van der Waals surface area contributed by atoms with E-state index in [1.54, 1.807) is 6.20 Å². The average Bonchev–Trinajstić information content (AvgIpc) is 3.06. The molecule has 0 bridgehead atoms. The molecule has 4 nitrogen and oxygen atoms in total. The van der Waals surface area contributed by atoms with Crippen molar-refractivity contribution in [3.05, 3.63) is 65.1 Å². The topological polar surface area (TPSA) is 38.6 Å². The van der Waals surface area contributed by atoms with Crippen molar-refractivity contribution in [2.75, 3.05) is 0 Å². The first-order chi connectivity index (χ1) is 12.9. The van der Waals surface area contributed by atoms with Crippen LogP contribution in [-0.2, 0) is 12.7 Å². The fourth-order valence-corrected chi connectivity index (χ4v) is 3.51. The Morgan fingerprint density at radius 3 is 2.78 bits per heavy atom. The Bertz CT molecular complexity index is 951. The zero-order valence-electron chi connectivity index (χ0n) is 14.2. The van der Waals surface area contributed by atoms with E-state index in [1.807, 2.05) is 28.9 Å². The molecule has 0 atom stereocenters. The van der Waals surface area contributed by atoms with E-state index in [0.29, 0.717) is 19.4 Å². The SMILES string of the molecule is FC(F)(F)c1cccc(O[C@H]2C[C@@H](NCc3cccn4ccnc34)C2)c1Cl. The lowest BCUT2D eigenvalue weighted by atomic mass is 9.89. The highest BCUT2D eigenvalue weighted by atomic mass is 35.5. The van der Waals surface area contributed by atoms with Gasteiger partial charge in [0, 0.05) is 36.7 Å². The minimum absolute atomic E-state index is 0.0806. The summed E-state index contributed by atoms with van der Waals surface area (Å²) in [7, 11) is 0. The highest BCUT2D eigenvalue weighted by molar-refractivity contribution is 6.32. The monoisotopic (exact) mass is 395 g/mol. The van der Waals surface area contributed by atoms with E-state index in [0.717, 1.165) is 17.3 Å². The van der Waals surface area contributed by atoms with Crippen LogP contribution in [0.5, 0.6) is 5.75 Å². The number of fused-ring (bicyclic) bond motifs is 1. The van der Waals surface area contributed by atoms with Gasteiger partial charge in [-0.05, 0) is 31.0 Å². The molecule has 1 aliphatic rings. The molecule has 2 aromatic heterocycles. The summed E-state index contributed by atoms with van der Waals surface area (Å²) in [4.78, 5) is 4.34. The van der Waals surface area contributed by atoms with E-state index >= 15 is 0 Å². The van der Waals surface area contributed by atoms with E-state index in [4.69, 9.17) is 16.3 Å². The molecule has 0 saturated heterocycles. The van der Waals surface area contributed by atoms with Crippen molar-refractivity contribution in [3.63, 3.8) is 0 Å². The van der Waals surface area contributed by atoms with Crippen molar-refractivity contribution in [3.8, 4) is 5.75 Å². The summed E-state index contributed by atoms with van der Waals surface area (Å²) in [5, 5.41) is 3.05. The third-order valence-electron chi connectivity index (χ3n) is 4.74. The van der Waals surface area contributed by atoms with Crippen LogP contribution in [0.15, 0.2) is 48.9 Å². The number of rotatable bonds is 5. The zero-order chi connectivity index (χ0) is 19.0. The van der Waals surface area contributed by atoms with Crippen LogP contribution in [0.2, 0.25) is 5.02 Å². The van der Waals surface area contributed by atoms with Crippen LogP contribution in [0, 0.1) is 0 Å². The van der Waals surface area contributed by atoms with Crippen molar-refractivity contribution in [1.29, 1.82) is 0 Å². The summed E-state index contributed by atoms with van der Waals surface area (Å²) in [5.41, 5.74) is 1.13. The number of halogens is 4. The molecule has 0 unspecified atom stereocenters. The van der Waals surface area contributed by atoms with Gasteiger partial charge in [0.2, 0.25) is 0 Å². The summed E-state index contributed by atoms with van der Waals surface area (Å²) in [6.45, 7) is 0.670. The number of hydrogen-bond acceptors (Lipinski definition) is 3. The number of nitrogens with zero attached hydrogens (tertiary/aromatic N) is 2. The maximum Gasteiger partial charge on any atom is 0.417 e. The van der Waals surface area contributed by atoms with Crippen molar-refractivity contribution in [2.45, 2.75) is 37.7 Å². The van der Waals surface area contributed by atoms with Crippen LogP contribution in [0.4, 0.5) is 13.2 Å². The number of aromatic nitrogens is 2. The third-order valence-corrected chi connectivity index (χ3v) is 5.13. The van der Waals surface area contributed by atoms with Gasteiger partial charge in [0.25, 0.3) is 0 Å². The number of ether oxygens (including phenoxy) is 1. The molecule has 1 saturated carbocycles. The number of pyridine rings is 1. The second-order valence-corrected chi connectivity index (χ2v) is 6.97. The van der Waals surface area contributed by atoms with Gasteiger partial charge in [-0.15, -0.1) is 0 Å². The fourth-order valence-electron chi connectivity index (χ4n) is 3.23. The minimum Gasteiger partial charge on any atom is -0.489 e. The predicted molar refractivity (Wildman–Crippen MR) is 95.9 cm³/mol. The van der Waals surface area contributed by atoms with Gasteiger partial charge in [0.1, 0.15) is 17.5 Å².